The summed E-state index contributed by atoms with van der Waals surface area (Å²) in [5.74, 6) is 5.67. The molecule has 2 aromatic rings. The van der Waals surface area contributed by atoms with Crippen molar-refractivity contribution in [1.82, 2.24) is 20.2 Å². The zero-order valence-corrected chi connectivity index (χ0v) is 10.6. The predicted octanol–water partition coefficient (Wildman–Crippen LogP) is 1.44. The van der Waals surface area contributed by atoms with Gasteiger partial charge < -0.3 is 0 Å². The third kappa shape index (κ3) is 2.94. The molecular formula is C13H19N5. The first kappa shape index (κ1) is 12.7. The van der Waals surface area contributed by atoms with Gasteiger partial charge >= 0.3 is 0 Å². The van der Waals surface area contributed by atoms with Crippen molar-refractivity contribution in [2.75, 3.05) is 0 Å². The quantitative estimate of drug-likeness (QED) is 0.597. The van der Waals surface area contributed by atoms with E-state index < -0.39 is 0 Å². The molecule has 2 aromatic heterocycles. The molecular weight excluding hydrogens is 226 g/mol. The van der Waals surface area contributed by atoms with Crippen LogP contribution in [0.5, 0.6) is 0 Å². The monoisotopic (exact) mass is 245 g/mol. The third-order valence-corrected chi connectivity index (χ3v) is 2.91. The molecule has 5 nitrogen and oxygen atoms in total. The Labute approximate surface area is 107 Å². The predicted molar refractivity (Wildman–Crippen MR) is 70.5 cm³/mol. The molecule has 2 heterocycles. The standard InChI is InChI=1S/C13H19N5/c1-2-8-18-13(5-7-16-18)12(17-14)9-11-4-3-6-15-10-11/h3-7,10,12,17H,2,8-9,14H2,1H3. The number of nitrogens with zero attached hydrogens (tertiary/aromatic N) is 3. The smallest absolute Gasteiger partial charge is 0.0669 e. The van der Waals surface area contributed by atoms with Gasteiger partial charge in [-0.05, 0) is 30.5 Å². The van der Waals surface area contributed by atoms with Gasteiger partial charge in [-0.25, -0.2) is 0 Å². The number of pyridine rings is 1. The van der Waals surface area contributed by atoms with Crippen LogP contribution < -0.4 is 11.3 Å². The largest absolute Gasteiger partial charge is 0.271 e. The summed E-state index contributed by atoms with van der Waals surface area (Å²) in [5.41, 5.74) is 5.13. The summed E-state index contributed by atoms with van der Waals surface area (Å²) in [7, 11) is 0. The maximum atomic E-state index is 5.67. The number of hydrazine groups is 1. The molecule has 0 fully saturated rings. The van der Waals surface area contributed by atoms with E-state index in [-0.39, 0.29) is 6.04 Å². The highest BCUT2D eigenvalue weighted by Crippen LogP contribution is 2.17. The molecule has 0 spiro atoms. The number of hydrogen-bond acceptors (Lipinski definition) is 4. The molecule has 1 unspecified atom stereocenters. The molecule has 0 aromatic carbocycles. The van der Waals surface area contributed by atoms with E-state index in [1.807, 2.05) is 29.2 Å². The second-order valence-electron chi connectivity index (χ2n) is 4.26. The zero-order valence-electron chi connectivity index (χ0n) is 10.6. The minimum absolute atomic E-state index is 0.0586. The van der Waals surface area contributed by atoms with Gasteiger partial charge in [-0.15, -0.1) is 0 Å². The molecule has 2 rings (SSSR count). The van der Waals surface area contributed by atoms with Gasteiger partial charge in [0.15, 0.2) is 0 Å². The Morgan fingerprint density at radius 3 is 2.94 bits per heavy atom. The minimum Gasteiger partial charge on any atom is -0.271 e. The van der Waals surface area contributed by atoms with Crippen LogP contribution in [-0.4, -0.2) is 14.8 Å². The molecule has 0 aliphatic rings. The van der Waals surface area contributed by atoms with E-state index in [4.69, 9.17) is 5.84 Å². The second kappa shape index (κ2) is 6.28. The van der Waals surface area contributed by atoms with Crippen LogP contribution in [0.1, 0.15) is 30.6 Å². The second-order valence-corrected chi connectivity index (χ2v) is 4.26. The van der Waals surface area contributed by atoms with Gasteiger partial charge in [-0.1, -0.05) is 13.0 Å². The first-order valence-electron chi connectivity index (χ1n) is 6.22. The van der Waals surface area contributed by atoms with Gasteiger partial charge in [-0.3, -0.25) is 20.9 Å². The van der Waals surface area contributed by atoms with Crippen LogP contribution in [0.4, 0.5) is 0 Å². The van der Waals surface area contributed by atoms with Gasteiger partial charge in [0, 0.05) is 25.1 Å². The van der Waals surface area contributed by atoms with E-state index >= 15 is 0 Å². The maximum Gasteiger partial charge on any atom is 0.0669 e. The Bertz CT molecular complexity index is 465. The first-order chi connectivity index (χ1) is 8.85. The molecule has 0 aliphatic carbocycles. The molecule has 0 amide bonds. The van der Waals surface area contributed by atoms with Crippen LogP contribution in [0, 0.1) is 0 Å². The summed E-state index contributed by atoms with van der Waals surface area (Å²) < 4.78 is 2.00. The van der Waals surface area contributed by atoms with Crippen LogP contribution in [0.3, 0.4) is 0 Å². The molecule has 18 heavy (non-hydrogen) atoms. The number of nitrogens with two attached hydrogens (primary N) is 1. The van der Waals surface area contributed by atoms with Crippen molar-refractivity contribution in [2.24, 2.45) is 5.84 Å². The summed E-state index contributed by atoms with van der Waals surface area (Å²) in [6, 6.07) is 6.06. The molecule has 96 valence electrons. The van der Waals surface area contributed by atoms with Crippen molar-refractivity contribution in [3.63, 3.8) is 0 Å². The van der Waals surface area contributed by atoms with Crippen molar-refractivity contribution >= 4 is 0 Å². The Kier molecular flexibility index (Phi) is 4.44. The van der Waals surface area contributed by atoms with Crippen molar-refractivity contribution in [3.8, 4) is 0 Å². The minimum atomic E-state index is 0.0586. The highest BCUT2D eigenvalue weighted by Gasteiger charge is 2.15. The summed E-state index contributed by atoms with van der Waals surface area (Å²) in [4.78, 5) is 4.12. The topological polar surface area (TPSA) is 68.8 Å². The summed E-state index contributed by atoms with van der Waals surface area (Å²) in [6.07, 6.45) is 7.32. The fourth-order valence-corrected chi connectivity index (χ4v) is 2.04. The van der Waals surface area contributed by atoms with Crippen molar-refractivity contribution in [2.45, 2.75) is 32.4 Å². The van der Waals surface area contributed by atoms with E-state index in [2.05, 4.69) is 28.5 Å². The molecule has 3 N–H and O–H groups in total. The van der Waals surface area contributed by atoms with Crippen LogP contribution in [-0.2, 0) is 13.0 Å². The Morgan fingerprint density at radius 2 is 2.28 bits per heavy atom. The van der Waals surface area contributed by atoms with Crippen LogP contribution in [0.15, 0.2) is 36.8 Å². The number of rotatable bonds is 6. The summed E-state index contributed by atoms with van der Waals surface area (Å²) >= 11 is 0. The van der Waals surface area contributed by atoms with Crippen LogP contribution in [0.2, 0.25) is 0 Å². The number of hydrogen-bond donors (Lipinski definition) is 2. The fraction of sp³-hybridized carbons (Fsp3) is 0.385. The number of aryl methyl sites for hydroxylation is 1. The van der Waals surface area contributed by atoms with Gasteiger partial charge in [0.25, 0.3) is 0 Å². The molecule has 0 bridgehead atoms. The molecule has 0 radical (unpaired) electrons. The van der Waals surface area contributed by atoms with E-state index in [0.717, 1.165) is 30.6 Å². The third-order valence-electron chi connectivity index (χ3n) is 2.91. The van der Waals surface area contributed by atoms with Gasteiger partial charge in [0.05, 0.1) is 11.7 Å². The Hall–Kier alpha value is -1.72. The molecule has 0 saturated carbocycles. The lowest BCUT2D eigenvalue weighted by Gasteiger charge is -2.17. The highest BCUT2D eigenvalue weighted by molar-refractivity contribution is 5.15. The van der Waals surface area contributed by atoms with Crippen molar-refractivity contribution < 1.29 is 0 Å². The normalized spacial score (nSPS) is 12.6. The first-order valence-corrected chi connectivity index (χ1v) is 6.22. The maximum absolute atomic E-state index is 5.67. The highest BCUT2D eigenvalue weighted by atomic mass is 15.3. The van der Waals surface area contributed by atoms with Crippen molar-refractivity contribution in [1.29, 1.82) is 0 Å². The number of aromatic nitrogens is 3. The Balaban J connectivity index is 2.15. The van der Waals surface area contributed by atoms with Gasteiger partial charge in [0.1, 0.15) is 0 Å². The number of nitrogens with one attached hydrogen (secondary N) is 1. The van der Waals surface area contributed by atoms with E-state index in [0.29, 0.717) is 0 Å². The average Bonchev–Trinajstić information content (AvgIpc) is 2.86. The average molecular weight is 245 g/mol. The Morgan fingerprint density at radius 1 is 1.39 bits per heavy atom. The van der Waals surface area contributed by atoms with E-state index in [9.17, 15) is 0 Å². The van der Waals surface area contributed by atoms with E-state index in [1.165, 1.54) is 0 Å². The molecule has 1 atom stereocenters. The fourth-order valence-electron chi connectivity index (χ4n) is 2.04. The van der Waals surface area contributed by atoms with E-state index in [1.54, 1.807) is 6.20 Å². The summed E-state index contributed by atoms with van der Waals surface area (Å²) in [5, 5.41) is 4.32. The summed E-state index contributed by atoms with van der Waals surface area (Å²) in [6.45, 7) is 3.05. The lowest BCUT2D eigenvalue weighted by molar-refractivity contribution is 0.478. The lowest BCUT2D eigenvalue weighted by Crippen LogP contribution is -2.31. The molecule has 0 saturated heterocycles. The van der Waals surface area contributed by atoms with Gasteiger partial charge in [-0.2, -0.15) is 5.10 Å². The van der Waals surface area contributed by atoms with Crippen LogP contribution >= 0.6 is 0 Å². The molecule has 0 aliphatic heterocycles. The van der Waals surface area contributed by atoms with Crippen molar-refractivity contribution in [3.05, 3.63) is 48.0 Å². The van der Waals surface area contributed by atoms with Crippen LogP contribution in [0.25, 0.3) is 0 Å². The van der Waals surface area contributed by atoms with Gasteiger partial charge in [0.2, 0.25) is 0 Å². The molecule has 5 heteroatoms. The lowest BCUT2D eigenvalue weighted by atomic mass is 10.1. The SMILES string of the molecule is CCCn1nccc1C(Cc1cccnc1)NN. The zero-order chi connectivity index (χ0) is 12.8.